The van der Waals surface area contributed by atoms with Crippen molar-refractivity contribution in [2.75, 3.05) is 26.8 Å². The van der Waals surface area contributed by atoms with E-state index in [1.807, 2.05) is 29.2 Å². The molecule has 3 aliphatic rings. The van der Waals surface area contributed by atoms with Gasteiger partial charge in [-0.05, 0) is 41.7 Å². The minimum atomic E-state index is -0.225. The highest BCUT2D eigenvalue weighted by Crippen LogP contribution is 2.43. The van der Waals surface area contributed by atoms with Crippen LogP contribution < -0.4 is 4.74 Å². The summed E-state index contributed by atoms with van der Waals surface area (Å²) in [5, 5.41) is 10.1. The Hall–Kier alpha value is -2.86. The maximum absolute atomic E-state index is 13.1. The van der Waals surface area contributed by atoms with E-state index < -0.39 is 0 Å². The molecule has 2 amide bonds. The summed E-state index contributed by atoms with van der Waals surface area (Å²) in [5.74, 6) is 1.00. The van der Waals surface area contributed by atoms with Crippen LogP contribution in [0.3, 0.4) is 0 Å². The lowest BCUT2D eigenvalue weighted by Crippen LogP contribution is -2.73. The van der Waals surface area contributed by atoms with Crippen LogP contribution in [0.4, 0.5) is 0 Å². The normalized spacial score (nSPS) is 25.4. The topological polar surface area (TPSA) is 70.1 Å². The minimum absolute atomic E-state index is 0.0280. The lowest BCUT2D eigenvalue weighted by atomic mass is 9.73. The summed E-state index contributed by atoms with van der Waals surface area (Å²) in [4.78, 5) is 29.6. The number of piperazine rings is 1. The van der Waals surface area contributed by atoms with Gasteiger partial charge in [-0.15, -0.1) is 0 Å². The van der Waals surface area contributed by atoms with Crippen molar-refractivity contribution in [3.63, 3.8) is 0 Å². The van der Waals surface area contributed by atoms with Crippen molar-refractivity contribution in [3.05, 3.63) is 54.1 Å². The van der Waals surface area contributed by atoms with Crippen molar-refractivity contribution in [2.24, 2.45) is 5.92 Å². The van der Waals surface area contributed by atoms with Gasteiger partial charge in [0, 0.05) is 18.4 Å². The smallest absolute Gasteiger partial charge is 0.242 e. The lowest BCUT2D eigenvalue weighted by molar-refractivity contribution is -0.168. The van der Waals surface area contributed by atoms with E-state index in [1.54, 1.807) is 12.0 Å². The molecule has 5 rings (SSSR count). The third kappa shape index (κ3) is 4.01. The molecule has 174 valence electrons. The monoisotopic (exact) mass is 448 g/mol. The van der Waals surface area contributed by atoms with Crippen molar-refractivity contribution in [3.8, 4) is 16.9 Å². The molecule has 33 heavy (non-hydrogen) atoms. The number of carbonyl (C=O) groups is 2. The molecule has 2 aliphatic heterocycles. The summed E-state index contributed by atoms with van der Waals surface area (Å²) in [5.41, 5.74) is 3.26. The van der Waals surface area contributed by atoms with Gasteiger partial charge < -0.3 is 19.6 Å². The summed E-state index contributed by atoms with van der Waals surface area (Å²) in [7, 11) is 1.66. The molecule has 0 aromatic heterocycles. The van der Waals surface area contributed by atoms with Crippen molar-refractivity contribution >= 4 is 11.8 Å². The van der Waals surface area contributed by atoms with Gasteiger partial charge in [-0.2, -0.15) is 0 Å². The van der Waals surface area contributed by atoms with Crippen LogP contribution in [-0.2, 0) is 9.59 Å². The van der Waals surface area contributed by atoms with Crippen LogP contribution in [0.25, 0.3) is 11.1 Å². The third-order valence-electron chi connectivity index (χ3n) is 7.72. The van der Waals surface area contributed by atoms with Gasteiger partial charge in [0.1, 0.15) is 5.75 Å². The molecular formula is C27H32N2O4. The Morgan fingerprint density at radius 1 is 1.06 bits per heavy atom. The number of ether oxygens (including phenoxy) is 1. The van der Waals surface area contributed by atoms with Gasteiger partial charge in [0.25, 0.3) is 0 Å². The predicted molar refractivity (Wildman–Crippen MR) is 126 cm³/mol. The lowest BCUT2D eigenvalue weighted by Gasteiger charge is -2.59. The molecule has 3 fully saturated rings. The maximum Gasteiger partial charge on any atom is 0.242 e. The van der Waals surface area contributed by atoms with Gasteiger partial charge in [-0.1, -0.05) is 55.7 Å². The van der Waals surface area contributed by atoms with Gasteiger partial charge in [0.05, 0.1) is 32.3 Å². The van der Waals surface area contributed by atoms with Crippen molar-refractivity contribution in [1.29, 1.82) is 0 Å². The Balaban J connectivity index is 1.35. The SMILES string of the molecule is COc1cccc(-c2ccc([C@@H]3[C@H]4CN(C(=O)C5CCCCC5)CC(=O)N4[C@H]3CO)cc2)c1. The van der Waals surface area contributed by atoms with E-state index in [4.69, 9.17) is 4.74 Å². The zero-order valence-corrected chi connectivity index (χ0v) is 19.2. The van der Waals surface area contributed by atoms with Gasteiger partial charge in [0.15, 0.2) is 0 Å². The second kappa shape index (κ2) is 9.18. The number of rotatable bonds is 5. The first kappa shape index (κ1) is 22.0. The number of methoxy groups -OCH3 is 1. The highest BCUT2D eigenvalue weighted by molar-refractivity contribution is 5.88. The largest absolute Gasteiger partial charge is 0.497 e. The molecule has 6 heteroatoms. The summed E-state index contributed by atoms with van der Waals surface area (Å²) >= 11 is 0. The van der Waals surface area contributed by atoms with Crippen LogP contribution in [0, 0.1) is 5.92 Å². The van der Waals surface area contributed by atoms with Crippen LogP contribution >= 0.6 is 0 Å². The predicted octanol–water partition coefficient (Wildman–Crippen LogP) is 3.44. The number of aliphatic hydroxyl groups excluding tert-OH is 1. The number of benzene rings is 2. The van der Waals surface area contributed by atoms with Gasteiger partial charge in [-0.3, -0.25) is 9.59 Å². The zero-order chi connectivity index (χ0) is 22.9. The number of amides is 2. The van der Waals surface area contributed by atoms with E-state index in [0.717, 1.165) is 48.1 Å². The van der Waals surface area contributed by atoms with E-state index in [-0.39, 0.29) is 48.9 Å². The Bertz CT molecular complexity index is 1020. The fourth-order valence-corrected chi connectivity index (χ4v) is 5.98. The molecule has 1 aliphatic carbocycles. The van der Waals surface area contributed by atoms with Gasteiger partial charge >= 0.3 is 0 Å². The number of fused-ring (bicyclic) bond motifs is 1. The van der Waals surface area contributed by atoms with Crippen LogP contribution in [0.15, 0.2) is 48.5 Å². The van der Waals surface area contributed by atoms with Crippen molar-refractivity contribution < 1.29 is 19.4 Å². The maximum atomic E-state index is 13.1. The number of nitrogens with zero attached hydrogens (tertiary/aromatic N) is 2. The molecule has 6 nitrogen and oxygen atoms in total. The van der Waals surface area contributed by atoms with Crippen molar-refractivity contribution in [1.82, 2.24) is 9.80 Å². The highest BCUT2D eigenvalue weighted by Gasteiger charge is 2.54. The van der Waals surface area contributed by atoms with Crippen LogP contribution in [0.1, 0.15) is 43.6 Å². The molecule has 3 atom stereocenters. The Kier molecular flexibility index (Phi) is 6.11. The molecule has 0 spiro atoms. The Labute approximate surface area is 195 Å². The Morgan fingerprint density at radius 3 is 2.52 bits per heavy atom. The van der Waals surface area contributed by atoms with Crippen LogP contribution in [0.5, 0.6) is 5.75 Å². The fraction of sp³-hybridized carbons (Fsp3) is 0.481. The van der Waals surface area contributed by atoms with E-state index >= 15 is 0 Å². The first-order valence-electron chi connectivity index (χ1n) is 12.1. The summed E-state index contributed by atoms with van der Waals surface area (Å²) in [6, 6.07) is 16.0. The summed E-state index contributed by atoms with van der Waals surface area (Å²) in [6.07, 6.45) is 5.27. The second-order valence-electron chi connectivity index (χ2n) is 9.55. The van der Waals surface area contributed by atoms with E-state index in [2.05, 4.69) is 24.3 Å². The molecule has 2 aromatic rings. The van der Waals surface area contributed by atoms with Crippen LogP contribution in [-0.4, -0.2) is 65.6 Å². The summed E-state index contributed by atoms with van der Waals surface area (Å²) < 4.78 is 5.34. The molecule has 1 N–H and O–H groups in total. The first-order chi connectivity index (χ1) is 16.1. The third-order valence-corrected chi connectivity index (χ3v) is 7.72. The molecule has 2 saturated heterocycles. The minimum Gasteiger partial charge on any atom is -0.497 e. The molecule has 0 unspecified atom stereocenters. The number of aliphatic hydroxyl groups is 1. The molecule has 1 saturated carbocycles. The van der Waals surface area contributed by atoms with Crippen LogP contribution in [0.2, 0.25) is 0 Å². The average molecular weight is 449 g/mol. The van der Waals surface area contributed by atoms with Gasteiger partial charge in [-0.25, -0.2) is 0 Å². The van der Waals surface area contributed by atoms with Gasteiger partial charge in [0.2, 0.25) is 11.8 Å². The summed E-state index contributed by atoms with van der Waals surface area (Å²) in [6.45, 7) is 0.630. The number of hydrogen-bond donors (Lipinski definition) is 1. The van der Waals surface area contributed by atoms with E-state index in [0.29, 0.717) is 6.54 Å². The average Bonchev–Trinajstić information content (AvgIpc) is 2.85. The number of carbonyl (C=O) groups excluding carboxylic acids is 2. The second-order valence-corrected chi connectivity index (χ2v) is 9.55. The van der Waals surface area contributed by atoms with E-state index in [9.17, 15) is 14.7 Å². The highest BCUT2D eigenvalue weighted by atomic mass is 16.5. The first-order valence-corrected chi connectivity index (χ1v) is 12.1. The standard InChI is InChI=1S/C27H32N2O4/c1-33-22-9-5-8-21(14-22)18-10-12-19(13-11-18)26-23-15-28(16-25(31)29(23)24(26)17-30)27(32)20-6-3-2-4-7-20/h5,8-14,20,23-24,26,30H,2-4,6-7,15-17H2,1H3/t23-,24+,26-/m1/s1. The van der Waals surface area contributed by atoms with E-state index in [1.165, 1.54) is 6.42 Å². The zero-order valence-electron chi connectivity index (χ0n) is 19.2. The molecule has 0 radical (unpaired) electrons. The molecule has 2 heterocycles. The molecule has 0 bridgehead atoms. The number of hydrogen-bond acceptors (Lipinski definition) is 4. The Morgan fingerprint density at radius 2 is 1.82 bits per heavy atom. The fourth-order valence-electron chi connectivity index (χ4n) is 5.98. The van der Waals surface area contributed by atoms with Crippen molar-refractivity contribution in [2.45, 2.75) is 50.1 Å². The molecule has 2 aromatic carbocycles. The molecular weight excluding hydrogens is 416 g/mol. The quantitative estimate of drug-likeness (QED) is 0.761.